The molecule has 6 nitrogen and oxygen atoms in total. The molecule has 0 rings (SSSR count). The molecule has 35 heavy (non-hydrogen) atoms. The summed E-state index contributed by atoms with van der Waals surface area (Å²) in [4.78, 5) is 0. The van der Waals surface area contributed by atoms with Crippen molar-refractivity contribution in [2.24, 2.45) is 0 Å². The Hall–Kier alpha value is -0.660. The van der Waals surface area contributed by atoms with Gasteiger partial charge < -0.3 is 14.2 Å². The van der Waals surface area contributed by atoms with Gasteiger partial charge in [0.15, 0.2) is 6.36 Å². The number of hydrogen-bond donors (Lipinski definition) is 0. The Morgan fingerprint density at radius 3 is 0.971 bits per heavy atom. The molecule has 0 aliphatic rings. The van der Waals surface area contributed by atoms with Gasteiger partial charge in [0.05, 0.1) is 0 Å². The van der Waals surface area contributed by atoms with E-state index in [1.165, 1.54) is 48.5 Å². The lowest BCUT2D eigenvalue weighted by Crippen LogP contribution is -2.71. The third kappa shape index (κ3) is 9.96. The second-order valence-corrected chi connectivity index (χ2v) is 7.76. The molecule has 0 bridgehead atoms. The zero-order valence-corrected chi connectivity index (χ0v) is 21.7. The van der Waals surface area contributed by atoms with Gasteiger partial charge in [-0.05, 0) is 6.42 Å². The number of alkyl halides is 6. The van der Waals surface area contributed by atoms with Crippen LogP contribution in [0.4, 0.5) is 26.3 Å². The van der Waals surface area contributed by atoms with Gasteiger partial charge in [-0.25, -0.2) is 26.3 Å². The molecule has 0 aliphatic heterocycles. The Kier molecular flexibility index (Phi) is 16.6. The molecular formula is C23H42F6O6. The molecule has 0 aromatic carbocycles. The zero-order chi connectivity index (χ0) is 27.2. The van der Waals surface area contributed by atoms with Crippen LogP contribution in [-0.4, -0.2) is 56.0 Å². The van der Waals surface area contributed by atoms with Crippen LogP contribution in [-0.2, 0) is 28.4 Å². The number of hydrogen-bond acceptors (Lipinski definition) is 6. The number of ether oxygens (including phenoxy) is 6. The normalized spacial score (nSPS) is 21.9. The maximum absolute atomic E-state index is 14.9. The Balaban J connectivity index is 7.42. The minimum atomic E-state index is -3.39. The predicted molar refractivity (Wildman–Crippen MR) is 117 cm³/mol. The van der Waals surface area contributed by atoms with Crippen molar-refractivity contribution in [1.29, 1.82) is 0 Å². The van der Waals surface area contributed by atoms with Crippen LogP contribution in [0.1, 0.15) is 93.4 Å². The molecule has 12 heteroatoms. The molecule has 0 amide bonds. The van der Waals surface area contributed by atoms with Gasteiger partial charge in [0.1, 0.15) is 6.10 Å². The summed E-state index contributed by atoms with van der Waals surface area (Å²) < 4.78 is 120. The van der Waals surface area contributed by atoms with Gasteiger partial charge in [0.25, 0.3) is 5.79 Å². The second-order valence-electron chi connectivity index (χ2n) is 7.76. The van der Waals surface area contributed by atoms with E-state index in [-0.39, 0.29) is 44.9 Å². The highest BCUT2D eigenvalue weighted by Gasteiger charge is 2.68. The fourth-order valence-corrected chi connectivity index (χ4v) is 2.88. The molecule has 0 aromatic heterocycles. The molecule has 0 fully saturated rings. The van der Waals surface area contributed by atoms with Crippen molar-refractivity contribution >= 4 is 0 Å². The molecule has 0 radical (unpaired) electrons. The first kappa shape index (κ1) is 34.3. The predicted octanol–water partition coefficient (Wildman–Crippen LogP) is 7.45. The molecule has 212 valence electrons. The van der Waals surface area contributed by atoms with Crippen LogP contribution in [0, 0.1) is 0 Å². The van der Waals surface area contributed by atoms with Gasteiger partial charge in [-0.3, -0.25) is 14.2 Å². The molecular weight excluding hydrogens is 486 g/mol. The topological polar surface area (TPSA) is 55.4 Å². The Morgan fingerprint density at radius 1 is 0.429 bits per heavy atom. The summed E-state index contributed by atoms with van der Waals surface area (Å²) in [7, 11) is 0. The SMILES string of the molecule is CCC(F)OC(CC)C(OC(F)CC)(OC(F)CC)C(OC(F)CC)(OC(F)CC)OC(F)CC. The van der Waals surface area contributed by atoms with Crippen LogP contribution in [0.2, 0.25) is 0 Å². The fourth-order valence-electron chi connectivity index (χ4n) is 2.88. The molecule has 0 aromatic rings. The van der Waals surface area contributed by atoms with E-state index in [1.807, 2.05) is 0 Å². The van der Waals surface area contributed by atoms with E-state index >= 15 is 0 Å². The molecule has 0 aliphatic carbocycles. The summed E-state index contributed by atoms with van der Waals surface area (Å²) in [5.41, 5.74) is 0. The largest absolute Gasteiger partial charge is 0.351 e. The van der Waals surface area contributed by atoms with Crippen molar-refractivity contribution in [3.05, 3.63) is 0 Å². The van der Waals surface area contributed by atoms with Crippen molar-refractivity contribution in [2.45, 2.75) is 149 Å². The first-order valence-corrected chi connectivity index (χ1v) is 12.3. The summed E-state index contributed by atoms with van der Waals surface area (Å²) in [5, 5.41) is 0. The van der Waals surface area contributed by atoms with E-state index in [0.717, 1.165) is 0 Å². The second kappa shape index (κ2) is 17.0. The van der Waals surface area contributed by atoms with E-state index in [9.17, 15) is 26.3 Å². The summed E-state index contributed by atoms with van der Waals surface area (Å²) >= 11 is 0. The van der Waals surface area contributed by atoms with Gasteiger partial charge in [-0.2, -0.15) is 0 Å². The molecule has 0 heterocycles. The van der Waals surface area contributed by atoms with E-state index in [2.05, 4.69) is 0 Å². The van der Waals surface area contributed by atoms with E-state index in [4.69, 9.17) is 28.4 Å². The van der Waals surface area contributed by atoms with Crippen LogP contribution < -0.4 is 0 Å². The zero-order valence-electron chi connectivity index (χ0n) is 21.7. The maximum atomic E-state index is 14.9. The van der Waals surface area contributed by atoms with E-state index in [1.54, 1.807) is 0 Å². The van der Waals surface area contributed by atoms with Crippen LogP contribution in [0.25, 0.3) is 0 Å². The van der Waals surface area contributed by atoms with Gasteiger partial charge in [0, 0.05) is 38.5 Å². The lowest BCUT2D eigenvalue weighted by molar-refractivity contribution is -0.564. The minimum absolute atomic E-state index is 0.204. The summed E-state index contributed by atoms with van der Waals surface area (Å²) in [5.74, 6) is -6.54. The third-order valence-electron chi connectivity index (χ3n) is 4.91. The van der Waals surface area contributed by atoms with Gasteiger partial charge in [-0.1, -0.05) is 48.5 Å². The average molecular weight is 529 g/mol. The van der Waals surface area contributed by atoms with Crippen molar-refractivity contribution in [1.82, 2.24) is 0 Å². The van der Waals surface area contributed by atoms with Gasteiger partial charge >= 0.3 is 5.97 Å². The first-order chi connectivity index (χ1) is 16.4. The average Bonchev–Trinajstić information content (AvgIpc) is 2.85. The highest BCUT2D eigenvalue weighted by atomic mass is 19.2. The Morgan fingerprint density at radius 2 is 0.714 bits per heavy atom. The van der Waals surface area contributed by atoms with Crippen molar-refractivity contribution in [3.8, 4) is 0 Å². The van der Waals surface area contributed by atoms with E-state index < -0.39 is 56.0 Å². The van der Waals surface area contributed by atoms with Crippen molar-refractivity contribution in [2.75, 3.05) is 0 Å². The van der Waals surface area contributed by atoms with Crippen LogP contribution in [0.15, 0.2) is 0 Å². The number of halogens is 6. The standard InChI is InChI=1S/C23H42F6O6/c1-8-15(30-16(24)9-2)22(31-17(25)10-3,32-18(26)11-4)23(33-19(27)12-5,34-20(28)13-6)35-21(29)14-7/h15-21H,8-14H2,1-7H3. The smallest absolute Gasteiger partial charge is 0.339 e. The summed E-state index contributed by atoms with van der Waals surface area (Å²) in [6, 6.07) is 0. The molecule has 0 spiro atoms. The molecule has 7 atom stereocenters. The monoisotopic (exact) mass is 528 g/mol. The van der Waals surface area contributed by atoms with Crippen LogP contribution >= 0.6 is 0 Å². The third-order valence-corrected chi connectivity index (χ3v) is 4.91. The van der Waals surface area contributed by atoms with Gasteiger partial charge in [-0.15, -0.1) is 0 Å². The fraction of sp³-hybridized carbons (Fsp3) is 1.00. The molecule has 0 saturated heterocycles. The Labute approximate surface area is 204 Å². The highest BCUT2D eigenvalue weighted by Crippen LogP contribution is 2.46. The van der Waals surface area contributed by atoms with Crippen LogP contribution in [0.3, 0.4) is 0 Å². The van der Waals surface area contributed by atoms with Crippen LogP contribution in [0.5, 0.6) is 0 Å². The lowest BCUT2D eigenvalue weighted by Gasteiger charge is -2.51. The van der Waals surface area contributed by atoms with Crippen molar-refractivity contribution in [3.63, 3.8) is 0 Å². The lowest BCUT2D eigenvalue weighted by atomic mass is 10.0. The maximum Gasteiger partial charge on any atom is 0.351 e. The molecule has 0 saturated carbocycles. The highest BCUT2D eigenvalue weighted by molar-refractivity contribution is 4.93. The summed E-state index contributed by atoms with van der Waals surface area (Å²) in [6.07, 6.45) is -17.7. The minimum Gasteiger partial charge on any atom is -0.339 e. The summed E-state index contributed by atoms with van der Waals surface area (Å²) in [6.45, 7) is 9.50. The first-order valence-electron chi connectivity index (χ1n) is 12.3. The van der Waals surface area contributed by atoms with E-state index in [0.29, 0.717) is 0 Å². The van der Waals surface area contributed by atoms with Crippen molar-refractivity contribution < 1.29 is 54.8 Å². The van der Waals surface area contributed by atoms with Gasteiger partial charge in [0.2, 0.25) is 31.8 Å². The molecule has 0 N–H and O–H groups in total. The Bertz CT molecular complexity index is 505. The quantitative estimate of drug-likeness (QED) is 0.114. The number of rotatable bonds is 21. The molecule has 7 unspecified atom stereocenters.